The van der Waals surface area contributed by atoms with Crippen LogP contribution in [0.5, 0.6) is 0 Å². The Hall–Kier alpha value is -3.62. The molecule has 3 amide bonds. The number of unbranched alkanes of at least 4 members (excludes halogenated alkanes) is 25. The predicted molar refractivity (Wildman–Crippen MR) is 411 cm³/mol. The van der Waals surface area contributed by atoms with Gasteiger partial charge in [-0.05, 0) is 19.3 Å². The topological polar surface area (TPSA) is 620 Å². The van der Waals surface area contributed by atoms with E-state index in [1.807, 2.05) is 6.08 Å². The van der Waals surface area contributed by atoms with Crippen LogP contribution in [0.25, 0.3) is 0 Å². The molecule has 6 aliphatic heterocycles. The van der Waals surface area contributed by atoms with Gasteiger partial charge in [0.15, 0.2) is 31.5 Å². The molecule has 6 rings (SSSR count). The minimum atomic E-state index is -3.25. The summed E-state index contributed by atoms with van der Waals surface area (Å²) in [5.74, 6) is -7.52. The summed E-state index contributed by atoms with van der Waals surface area (Å²) in [5.41, 5.74) is 0. The molecule has 0 aliphatic carbocycles. The van der Waals surface area contributed by atoms with Gasteiger partial charge in [0, 0.05) is 26.7 Å². The fraction of sp³-hybridized carbons (Fsp3) is 0.924. The van der Waals surface area contributed by atoms with Gasteiger partial charge in [-0.3, -0.25) is 14.4 Å². The average molecular weight is 1710 g/mol. The van der Waals surface area contributed by atoms with E-state index in [9.17, 15) is 121 Å². The third kappa shape index (κ3) is 30.3. The Morgan fingerprint density at radius 2 is 0.822 bits per heavy atom. The third-order valence-corrected chi connectivity index (χ3v) is 22.7. The number of carboxylic acid groups (broad SMARTS) is 1. The molecule has 118 heavy (non-hydrogen) atoms. The lowest BCUT2D eigenvalue weighted by Gasteiger charge is -2.51. The van der Waals surface area contributed by atoms with Crippen molar-refractivity contribution in [1.29, 1.82) is 0 Å². The van der Waals surface area contributed by atoms with Crippen molar-refractivity contribution in [3.8, 4) is 0 Å². The normalized spacial score (nSPS) is 36.4. The van der Waals surface area contributed by atoms with Gasteiger partial charge in [0.25, 0.3) is 5.79 Å². The van der Waals surface area contributed by atoms with E-state index in [-0.39, 0.29) is 12.3 Å². The fourth-order valence-electron chi connectivity index (χ4n) is 15.8. The van der Waals surface area contributed by atoms with E-state index >= 15 is 0 Å². The summed E-state index contributed by atoms with van der Waals surface area (Å²) in [6.45, 7) is -0.729. The van der Waals surface area contributed by atoms with Gasteiger partial charge in [0.1, 0.15) is 140 Å². The smallest absolute Gasteiger partial charge is 0.364 e. The standard InChI is InChI=1S/C79H141N3O36/c1-5-7-9-11-13-15-17-19-20-22-24-26-28-30-32-34-54(94)82-45(46(91)33-31-29-27-25-23-21-18-16-14-12-10-8-6-2)42-107-74-63(101)62(100)67(53(41-88)112-74)113-75-65(103)71(60(98)51(39-86)109-75)116-76-64(102)70(59(97)50(38-85)110-76)115-73-56(81-44(4)90)68(58(96)49(37-84)108-73)114-77-66(104)72(61(99)52(40-87)111-77)118-79(78(105)106)35-47(92)55(80-43(3)89)69(117-79)57(95)48(93)36-83/h31,33,45-53,55-77,83-88,91-93,95-104H,5-30,32,34-42H2,1-4H3,(H,80,89)(H,81,90)(H,82,94)(H,105,106)/b33-31+/t45-,46+,47-,48+,49+,50+,51+,52+,53+,55+,56+,57+,58-,59-,60-,61-,62+,63+,64+,65+,66+,67+,68+,69+,70-,71-,72-,73-,74+,75-,76+,77-,79-/m0/s1. The van der Waals surface area contributed by atoms with E-state index in [4.69, 9.17) is 56.8 Å². The molecule has 0 aromatic rings. The number of allylic oxidation sites excluding steroid dienone is 1. The fourth-order valence-corrected chi connectivity index (χ4v) is 15.8. The number of hydrogen-bond acceptors (Lipinski definition) is 35. The van der Waals surface area contributed by atoms with Gasteiger partial charge in [-0.1, -0.05) is 180 Å². The maximum atomic E-state index is 13.5. The van der Waals surface area contributed by atoms with E-state index in [1.54, 1.807) is 6.08 Å². The van der Waals surface area contributed by atoms with Crippen molar-refractivity contribution in [3.63, 3.8) is 0 Å². The zero-order valence-corrected chi connectivity index (χ0v) is 68.6. The number of hydrogen-bond donors (Lipinski definition) is 23. The number of ether oxygens (including phenoxy) is 12. The summed E-state index contributed by atoms with van der Waals surface area (Å²) in [4.78, 5) is 52.1. The van der Waals surface area contributed by atoms with Gasteiger partial charge in [-0.25, -0.2) is 4.79 Å². The number of aliphatic hydroxyl groups is 19. The largest absolute Gasteiger partial charge is 0.477 e. The van der Waals surface area contributed by atoms with Crippen LogP contribution in [0.1, 0.15) is 214 Å². The summed E-state index contributed by atoms with van der Waals surface area (Å²) in [5, 5.41) is 231. The number of amides is 3. The second kappa shape index (κ2) is 53.6. The lowest BCUT2D eigenvalue weighted by atomic mass is 9.88. The molecule has 0 aromatic carbocycles. The Bertz CT molecular complexity index is 2830. The van der Waals surface area contributed by atoms with Crippen LogP contribution in [-0.2, 0) is 76.0 Å². The molecule has 6 fully saturated rings. The Morgan fingerprint density at radius 1 is 0.441 bits per heavy atom. The zero-order chi connectivity index (χ0) is 86.8. The highest BCUT2D eigenvalue weighted by molar-refractivity contribution is 5.77. The first kappa shape index (κ1) is 103. The molecule has 6 heterocycles. The number of aliphatic hydroxyl groups excluding tert-OH is 19. The average Bonchev–Trinajstić information content (AvgIpc) is 0.759. The number of rotatable bonds is 55. The van der Waals surface area contributed by atoms with Crippen LogP contribution >= 0.6 is 0 Å². The minimum absolute atomic E-state index is 0.158. The Labute approximate surface area is 689 Å². The molecule has 0 unspecified atom stereocenters. The second-order valence-electron chi connectivity index (χ2n) is 32.1. The number of nitrogens with one attached hydrogen (secondary N) is 3. The van der Waals surface area contributed by atoms with Crippen LogP contribution in [0.3, 0.4) is 0 Å². The molecule has 0 aromatic heterocycles. The van der Waals surface area contributed by atoms with Gasteiger partial charge < -0.3 is 175 Å². The molecule has 6 aliphatic rings. The number of carbonyl (C=O) groups is 4. The summed E-state index contributed by atoms with van der Waals surface area (Å²) < 4.78 is 70.6. The van der Waals surface area contributed by atoms with Crippen LogP contribution in [0.4, 0.5) is 0 Å². The third-order valence-electron chi connectivity index (χ3n) is 22.7. The lowest BCUT2D eigenvalue weighted by Crippen LogP contribution is -2.71. The Balaban J connectivity index is 1.13. The zero-order valence-electron chi connectivity index (χ0n) is 68.6. The molecule has 0 bridgehead atoms. The quantitative estimate of drug-likeness (QED) is 0.0210. The highest BCUT2D eigenvalue weighted by Gasteiger charge is 2.62. The van der Waals surface area contributed by atoms with Crippen molar-refractivity contribution in [3.05, 3.63) is 12.2 Å². The van der Waals surface area contributed by atoms with E-state index in [0.29, 0.717) is 12.8 Å². The van der Waals surface area contributed by atoms with Crippen LogP contribution < -0.4 is 16.0 Å². The van der Waals surface area contributed by atoms with Gasteiger partial charge in [0.2, 0.25) is 17.7 Å². The molecule has 33 atom stereocenters. The molecule has 0 spiro atoms. The molecule has 0 radical (unpaired) electrons. The number of aliphatic carboxylic acids is 1. The highest BCUT2D eigenvalue weighted by atomic mass is 16.8. The maximum Gasteiger partial charge on any atom is 0.364 e. The second-order valence-corrected chi connectivity index (χ2v) is 32.1. The van der Waals surface area contributed by atoms with Gasteiger partial charge in [0.05, 0.1) is 70.5 Å². The monoisotopic (exact) mass is 1710 g/mol. The van der Waals surface area contributed by atoms with Crippen LogP contribution in [-0.4, -0.2) is 374 Å². The SMILES string of the molecule is CCCCCCCCCCCCC/C=C/[C@@H](O)[C@H](CO[C@@H]1O[C@H](CO)[C@@H](O[C@@H]2O[C@H](CO)[C@H](O)[C@H](O[C@H]3O[C@H](CO)[C@H](O)[C@H](O[C@@H]4O[C@H](CO)[C@H](O)[C@H](O[C@@H]5O[C@H](CO)[C@H](O)[C@H](O[C@]6(C(=O)O)C[C@H](O)[C@@H](NC(C)=O)[C@H]([C@H](O)[C@H](O)CO)O6)[C@H]5O)[C@H]4NC(C)=O)[C@H]3O)[C@H]2O)[C@H](O)[C@H]1O)NC(=O)CCCCCCCCCCCCCCCCC. The van der Waals surface area contributed by atoms with Crippen molar-refractivity contribution >= 4 is 23.7 Å². The molecule has 23 N–H and O–H groups in total. The first-order chi connectivity index (χ1) is 56.5. The molecule has 0 saturated carbocycles. The number of carbonyl (C=O) groups excluding carboxylic acids is 3. The predicted octanol–water partition coefficient (Wildman–Crippen LogP) is -3.22. The molecular formula is C79H141N3O36. The molecule has 39 nitrogen and oxygen atoms in total. The highest BCUT2D eigenvalue weighted by Crippen LogP contribution is 2.41. The van der Waals surface area contributed by atoms with Crippen LogP contribution in [0, 0.1) is 0 Å². The Kier molecular flexibility index (Phi) is 46.9. The van der Waals surface area contributed by atoms with Crippen molar-refractivity contribution in [2.75, 3.05) is 46.2 Å². The number of carboxylic acids is 1. The van der Waals surface area contributed by atoms with Gasteiger partial charge in [-0.15, -0.1) is 0 Å². The van der Waals surface area contributed by atoms with Crippen LogP contribution in [0.2, 0.25) is 0 Å². The summed E-state index contributed by atoms with van der Waals surface area (Å²) in [6, 6.07) is -4.76. The maximum absolute atomic E-state index is 13.5. The van der Waals surface area contributed by atoms with E-state index < -0.39 is 272 Å². The lowest BCUT2D eigenvalue weighted by molar-refractivity contribution is -0.393. The van der Waals surface area contributed by atoms with Crippen molar-refractivity contribution in [2.24, 2.45) is 0 Å². The van der Waals surface area contributed by atoms with Crippen molar-refractivity contribution < 1.29 is 178 Å². The van der Waals surface area contributed by atoms with Gasteiger partial charge >= 0.3 is 5.97 Å². The van der Waals surface area contributed by atoms with E-state index in [0.717, 1.165) is 65.2 Å². The van der Waals surface area contributed by atoms with Crippen LogP contribution in [0.15, 0.2) is 12.2 Å². The van der Waals surface area contributed by atoms with Crippen molar-refractivity contribution in [1.82, 2.24) is 16.0 Å². The molecular weight excluding hydrogens is 1570 g/mol. The van der Waals surface area contributed by atoms with Gasteiger partial charge in [-0.2, -0.15) is 0 Å². The van der Waals surface area contributed by atoms with E-state index in [1.165, 1.54) is 109 Å². The summed E-state index contributed by atoms with van der Waals surface area (Å²) >= 11 is 0. The summed E-state index contributed by atoms with van der Waals surface area (Å²) in [7, 11) is 0. The molecule has 39 heteroatoms. The minimum Gasteiger partial charge on any atom is -0.477 e. The first-order valence-electron chi connectivity index (χ1n) is 42.6. The first-order valence-corrected chi connectivity index (χ1v) is 42.6. The van der Waals surface area contributed by atoms with Crippen molar-refractivity contribution in [2.45, 2.75) is 416 Å². The van der Waals surface area contributed by atoms with E-state index in [2.05, 4.69) is 29.8 Å². The molecule has 688 valence electrons. The Morgan fingerprint density at radius 3 is 1.26 bits per heavy atom. The molecule has 6 saturated heterocycles. The summed E-state index contributed by atoms with van der Waals surface area (Å²) in [6.07, 6.45) is -27.0.